The molecule has 30 heavy (non-hydrogen) atoms. The monoisotopic (exact) mass is 442 g/mol. The minimum absolute atomic E-state index is 0.202. The molecule has 0 aliphatic heterocycles. The molecule has 0 spiro atoms. The molecule has 5 rings (SSSR count). The van der Waals surface area contributed by atoms with Crippen molar-refractivity contribution >= 4 is 43.3 Å². The molecular weight excluding hydrogens is 420 g/mol. The number of sulfonamides is 1. The number of thiazole rings is 1. The molecule has 2 aliphatic rings. The second kappa shape index (κ2) is 7.31. The Balaban J connectivity index is 1.31. The number of para-hydroxylation sites is 1. The quantitative estimate of drug-likeness (QED) is 0.605. The van der Waals surface area contributed by atoms with Crippen molar-refractivity contribution in [1.82, 2.24) is 15.3 Å². The van der Waals surface area contributed by atoms with Crippen LogP contribution in [-0.4, -0.2) is 29.5 Å². The second-order valence-electron chi connectivity index (χ2n) is 8.04. The van der Waals surface area contributed by atoms with Gasteiger partial charge in [-0.2, -0.15) is 0 Å². The molecule has 9 heteroatoms. The Kier molecular flexibility index (Phi) is 4.74. The van der Waals surface area contributed by atoms with E-state index in [0.29, 0.717) is 29.2 Å². The molecule has 0 unspecified atom stereocenters. The zero-order chi connectivity index (χ0) is 20.8. The summed E-state index contributed by atoms with van der Waals surface area (Å²) in [6.45, 7) is 0. The number of benzene rings is 1. The van der Waals surface area contributed by atoms with E-state index in [1.54, 1.807) is 6.20 Å². The summed E-state index contributed by atoms with van der Waals surface area (Å²) in [6, 6.07) is 9.49. The lowest BCUT2D eigenvalue weighted by Crippen LogP contribution is -2.35. The van der Waals surface area contributed by atoms with Crippen LogP contribution >= 0.6 is 11.3 Å². The van der Waals surface area contributed by atoms with E-state index in [1.165, 1.54) is 11.3 Å². The standard InChI is InChI=1S/C21H22N4O3S2/c26-19(15-11-14-5-1-4-8-17(14)22-12-15)24-21(9-10-21)18-13-29-20(23-18)25-30(27,28)16-6-2-3-7-16/h1,4-5,8,11-13,16H,2-3,6-7,9-10H2,(H,23,25)(H,24,26). The largest absolute Gasteiger partial charge is 0.341 e. The number of rotatable bonds is 6. The van der Waals surface area contributed by atoms with Crippen molar-refractivity contribution in [2.75, 3.05) is 4.72 Å². The summed E-state index contributed by atoms with van der Waals surface area (Å²) in [5.74, 6) is -0.202. The Morgan fingerprint density at radius 1 is 1.17 bits per heavy atom. The minimum Gasteiger partial charge on any atom is -0.341 e. The first-order valence-corrected chi connectivity index (χ1v) is 12.5. The Hall–Kier alpha value is -2.52. The third kappa shape index (κ3) is 3.67. The summed E-state index contributed by atoms with van der Waals surface area (Å²) >= 11 is 1.26. The molecule has 2 aliphatic carbocycles. The van der Waals surface area contributed by atoms with Crippen molar-refractivity contribution < 1.29 is 13.2 Å². The highest BCUT2D eigenvalue weighted by atomic mass is 32.2. The zero-order valence-corrected chi connectivity index (χ0v) is 17.9. The van der Waals surface area contributed by atoms with Crippen molar-refractivity contribution in [3.8, 4) is 0 Å². The lowest BCUT2D eigenvalue weighted by Gasteiger charge is -2.15. The number of carbonyl (C=O) groups excluding carboxylic acids is 1. The molecule has 0 radical (unpaired) electrons. The van der Waals surface area contributed by atoms with E-state index in [0.717, 1.165) is 36.6 Å². The van der Waals surface area contributed by atoms with Crippen molar-refractivity contribution in [3.63, 3.8) is 0 Å². The van der Waals surface area contributed by atoms with Gasteiger partial charge in [-0.25, -0.2) is 13.4 Å². The topological polar surface area (TPSA) is 101 Å². The van der Waals surface area contributed by atoms with Crippen LogP contribution in [0, 0.1) is 0 Å². The number of nitrogens with one attached hydrogen (secondary N) is 2. The molecule has 2 aromatic heterocycles. The van der Waals surface area contributed by atoms with Gasteiger partial charge in [0, 0.05) is 17.0 Å². The number of aromatic nitrogens is 2. The normalized spacial score (nSPS) is 18.4. The highest BCUT2D eigenvalue weighted by Gasteiger charge is 2.48. The number of amides is 1. The predicted molar refractivity (Wildman–Crippen MR) is 117 cm³/mol. The van der Waals surface area contributed by atoms with Crippen LogP contribution in [-0.2, 0) is 15.6 Å². The maximum absolute atomic E-state index is 12.8. The van der Waals surface area contributed by atoms with Crippen LogP contribution in [0.15, 0.2) is 41.9 Å². The minimum atomic E-state index is -3.41. The third-order valence-corrected chi connectivity index (χ3v) is 8.63. The molecule has 2 saturated carbocycles. The van der Waals surface area contributed by atoms with E-state index in [4.69, 9.17) is 0 Å². The highest BCUT2D eigenvalue weighted by molar-refractivity contribution is 7.93. The van der Waals surface area contributed by atoms with Gasteiger partial charge in [0.2, 0.25) is 10.0 Å². The highest BCUT2D eigenvalue weighted by Crippen LogP contribution is 2.46. The lowest BCUT2D eigenvalue weighted by molar-refractivity contribution is 0.0929. The van der Waals surface area contributed by atoms with Gasteiger partial charge >= 0.3 is 0 Å². The molecular formula is C21H22N4O3S2. The van der Waals surface area contributed by atoms with Crippen LogP contribution in [0.1, 0.15) is 54.6 Å². The van der Waals surface area contributed by atoms with Crippen molar-refractivity contribution in [3.05, 3.63) is 53.2 Å². The first-order chi connectivity index (χ1) is 14.5. The zero-order valence-electron chi connectivity index (χ0n) is 16.3. The van der Waals surface area contributed by atoms with Gasteiger partial charge in [0.05, 0.1) is 27.6 Å². The Morgan fingerprint density at radius 3 is 2.70 bits per heavy atom. The Bertz CT molecular complexity index is 1210. The van der Waals surface area contributed by atoms with Crippen LogP contribution in [0.5, 0.6) is 0 Å². The van der Waals surface area contributed by atoms with Gasteiger partial charge < -0.3 is 5.32 Å². The summed E-state index contributed by atoms with van der Waals surface area (Å²) in [6.07, 6.45) is 6.44. The second-order valence-corrected chi connectivity index (χ2v) is 10.9. The predicted octanol–water partition coefficient (Wildman–Crippen LogP) is 3.79. The van der Waals surface area contributed by atoms with E-state index >= 15 is 0 Å². The first kappa shape index (κ1) is 19.4. The number of carbonyl (C=O) groups is 1. The van der Waals surface area contributed by atoms with Crippen molar-refractivity contribution in [2.45, 2.75) is 49.3 Å². The number of pyridine rings is 1. The van der Waals surface area contributed by atoms with Crippen molar-refractivity contribution in [2.24, 2.45) is 0 Å². The van der Waals surface area contributed by atoms with E-state index in [1.807, 2.05) is 35.7 Å². The van der Waals surface area contributed by atoms with Gasteiger partial charge in [0.1, 0.15) is 0 Å². The molecule has 7 nitrogen and oxygen atoms in total. The van der Waals surface area contributed by atoms with Crippen LogP contribution in [0.3, 0.4) is 0 Å². The van der Waals surface area contributed by atoms with Crippen LogP contribution in [0.25, 0.3) is 10.9 Å². The van der Waals surface area contributed by atoms with Crippen LogP contribution in [0.2, 0.25) is 0 Å². The molecule has 1 aromatic carbocycles. The molecule has 0 bridgehead atoms. The van der Waals surface area contributed by atoms with Gasteiger partial charge in [-0.15, -0.1) is 11.3 Å². The Labute approximate surface area is 179 Å². The number of hydrogen-bond donors (Lipinski definition) is 2. The molecule has 156 valence electrons. The molecule has 3 aromatic rings. The molecule has 1 amide bonds. The average molecular weight is 443 g/mol. The summed E-state index contributed by atoms with van der Waals surface area (Å²) < 4.78 is 27.7. The number of hydrogen-bond acceptors (Lipinski definition) is 6. The van der Waals surface area contributed by atoms with Gasteiger partial charge in [-0.3, -0.25) is 14.5 Å². The molecule has 2 N–H and O–H groups in total. The SMILES string of the molecule is O=C(NC1(c2csc(NS(=O)(=O)C3CCCC3)n2)CC1)c1cnc2ccccc2c1. The van der Waals surface area contributed by atoms with E-state index < -0.39 is 15.6 Å². The summed E-state index contributed by atoms with van der Waals surface area (Å²) in [5, 5.41) is 5.86. The fourth-order valence-electron chi connectivity index (χ4n) is 4.00. The van der Waals surface area contributed by atoms with Gasteiger partial charge in [-0.05, 0) is 37.8 Å². The molecule has 0 saturated heterocycles. The number of nitrogens with zero attached hydrogens (tertiary/aromatic N) is 2. The first-order valence-electron chi connectivity index (χ1n) is 10.1. The Morgan fingerprint density at radius 2 is 1.93 bits per heavy atom. The van der Waals surface area contributed by atoms with Gasteiger partial charge in [0.15, 0.2) is 5.13 Å². The van der Waals surface area contributed by atoms with Gasteiger partial charge in [-0.1, -0.05) is 31.0 Å². The molecule has 2 heterocycles. The fourth-order valence-corrected chi connectivity index (χ4v) is 6.60. The van der Waals surface area contributed by atoms with Gasteiger partial charge in [0.25, 0.3) is 5.91 Å². The van der Waals surface area contributed by atoms with Crippen LogP contribution < -0.4 is 10.0 Å². The van der Waals surface area contributed by atoms with E-state index in [9.17, 15) is 13.2 Å². The summed E-state index contributed by atoms with van der Waals surface area (Å²) in [4.78, 5) is 21.7. The smallest absolute Gasteiger partial charge is 0.253 e. The molecule has 0 atom stereocenters. The average Bonchev–Trinajstić information content (AvgIpc) is 3.12. The third-order valence-electron chi connectivity index (χ3n) is 5.92. The number of fused-ring (bicyclic) bond motifs is 1. The molecule has 2 fully saturated rings. The maximum Gasteiger partial charge on any atom is 0.253 e. The number of anilines is 1. The van der Waals surface area contributed by atoms with E-state index in [2.05, 4.69) is 20.0 Å². The van der Waals surface area contributed by atoms with Crippen LogP contribution in [0.4, 0.5) is 5.13 Å². The summed E-state index contributed by atoms with van der Waals surface area (Å²) in [5.41, 5.74) is 1.51. The summed E-state index contributed by atoms with van der Waals surface area (Å²) in [7, 11) is -3.41. The van der Waals surface area contributed by atoms with Crippen molar-refractivity contribution in [1.29, 1.82) is 0 Å². The lowest BCUT2D eigenvalue weighted by atomic mass is 10.1. The maximum atomic E-state index is 12.8. The van der Waals surface area contributed by atoms with E-state index in [-0.39, 0.29) is 11.2 Å². The fraction of sp³-hybridized carbons (Fsp3) is 0.381.